The van der Waals surface area contributed by atoms with Crippen LogP contribution < -0.4 is 0 Å². The number of aliphatic hydroxyl groups excluding tert-OH is 3. The molecule has 0 aromatic heterocycles. The Morgan fingerprint density at radius 1 is 1.23 bits per heavy atom. The molecule has 0 unspecified atom stereocenters. The lowest BCUT2D eigenvalue weighted by Crippen LogP contribution is -2.42. The molecule has 5 atom stereocenters. The molecule has 2 aliphatic rings. The average Bonchev–Trinajstić information content (AvgIpc) is 2.58. The molecule has 0 radical (unpaired) electrons. The minimum absolute atomic E-state index is 0.0575. The molecule has 13 heavy (non-hydrogen) atoms. The van der Waals surface area contributed by atoms with Gasteiger partial charge in [-0.15, -0.1) is 0 Å². The molecule has 0 amide bonds. The van der Waals surface area contributed by atoms with Crippen LogP contribution in [0.25, 0.3) is 0 Å². The van der Waals surface area contributed by atoms with E-state index in [2.05, 4.69) is 11.8 Å². The fraction of sp³-hybridized carbons (Fsp3) is 1.00. The van der Waals surface area contributed by atoms with Crippen molar-refractivity contribution in [3.05, 3.63) is 0 Å². The summed E-state index contributed by atoms with van der Waals surface area (Å²) >= 11 is 0. The van der Waals surface area contributed by atoms with Gasteiger partial charge < -0.3 is 15.3 Å². The fourth-order valence-electron chi connectivity index (χ4n) is 2.79. The van der Waals surface area contributed by atoms with Gasteiger partial charge in [-0.25, -0.2) is 0 Å². The first-order chi connectivity index (χ1) is 6.16. The van der Waals surface area contributed by atoms with E-state index in [0.717, 1.165) is 12.8 Å². The Bertz CT molecular complexity index is 197. The van der Waals surface area contributed by atoms with Gasteiger partial charge in [-0.2, -0.15) is 0 Å². The SMILES string of the molecule is C[C@H]1CC[C@H]2[C@@H](O)[C@@H](O)[C@@H](CO)N12. The second-order valence-corrected chi connectivity index (χ2v) is 4.17. The zero-order valence-electron chi connectivity index (χ0n) is 7.80. The summed E-state index contributed by atoms with van der Waals surface area (Å²) in [5.41, 5.74) is 0. The molecule has 4 nitrogen and oxygen atoms in total. The van der Waals surface area contributed by atoms with Crippen molar-refractivity contribution in [1.82, 2.24) is 4.90 Å². The highest BCUT2D eigenvalue weighted by Gasteiger charge is 2.51. The van der Waals surface area contributed by atoms with Crippen molar-refractivity contribution in [1.29, 1.82) is 0 Å². The summed E-state index contributed by atoms with van der Waals surface area (Å²) in [5, 5.41) is 28.4. The van der Waals surface area contributed by atoms with E-state index in [1.807, 2.05) is 0 Å². The summed E-state index contributed by atoms with van der Waals surface area (Å²) in [6.45, 7) is 2.01. The molecule has 2 aliphatic heterocycles. The largest absolute Gasteiger partial charge is 0.395 e. The highest BCUT2D eigenvalue weighted by atomic mass is 16.3. The minimum Gasteiger partial charge on any atom is -0.395 e. The van der Waals surface area contributed by atoms with Crippen molar-refractivity contribution in [2.45, 2.75) is 50.1 Å². The number of nitrogens with zero attached hydrogens (tertiary/aromatic N) is 1. The molecule has 0 spiro atoms. The summed E-state index contributed by atoms with van der Waals surface area (Å²) in [6.07, 6.45) is 0.515. The van der Waals surface area contributed by atoms with Gasteiger partial charge in [0.05, 0.1) is 24.9 Å². The van der Waals surface area contributed by atoms with Crippen molar-refractivity contribution in [2.75, 3.05) is 6.61 Å². The Morgan fingerprint density at radius 3 is 2.54 bits per heavy atom. The van der Waals surface area contributed by atoms with Crippen molar-refractivity contribution in [3.8, 4) is 0 Å². The van der Waals surface area contributed by atoms with E-state index >= 15 is 0 Å². The lowest BCUT2D eigenvalue weighted by molar-refractivity contribution is 0.0132. The maximum absolute atomic E-state index is 9.68. The summed E-state index contributed by atoms with van der Waals surface area (Å²) in [5.74, 6) is 0. The summed E-state index contributed by atoms with van der Waals surface area (Å²) in [7, 11) is 0. The average molecular weight is 187 g/mol. The first kappa shape index (κ1) is 9.40. The van der Waals surface area contributed by atoms with Crippen LogP contribution >= 0.6 is 0 Å². The second-order valence-electron chi connectivity index (χ2n) is 4.17. The lowest BCUT2D eigenvalue weighted by atomic mass is 10.0. The molecule has 3 N–H and O–H groups in total. The molecule has 2 rings (SSSR count). The van der Waals surface area contributed by atoms with Gasteiger partial charge in [-0.05, 0) is 19.8 Å². The van der Waals surface area contributed by atoms with Gasteiger partial charge >= 0.3 is 0 Å². The summed E-state index contributed by atoms with van der Waals surface area (Å²) in [4.78, 5) is 2.06. The Hall–Kier alpha value is -0.160. The molecule has 0 saturated carbocycles. The zero-order valence-corrected chi connectivity index (χ0v) is 7.80. The van der Waals surface area contributed by atoms with Gasteiger partial charge in [0.2, 0.25) is 0 Å². The fourth-order valence-corrected chi connectivity index (χ4v) is 2.79. The van der Waals surface area contributed by atoms with Gasteiger partial charge in [0.1, 0.15) is 0 Å². The standard InChI is InChI=1S/C9H17NO3/c1-5-2-3-6-8(12)9(13)7(4-11)10(5)6/h5-9,11-13H,2-4H2,1H3/t5-,6-,7+,8+,9-/m0/s1. The maximum atomic E-state index is 9.68. The molecule has 76 valence electrons. The van der Waals surface area contributed by atoms with Crippen LogP contribution in [-0.4, -0.2) is 57.2 Å². The topological polar surface area (TPSA) is 63.9 Å². The van der Waals surface area contributed by atoms with E-state index in [1.165, 1.54) is 0 Å². The Balaban J connectivity index is 2.20. The van der Waals surface area contributed by atoms with Gasteiger partial charge in [0.15, 0.2) is 0 Å². The predicted octanol–water partition coefficient (Wildman–Crippen LogP) is -1.06. The molecular formula is C9H17NO3. The molecule has 2 heterocycles. The van der Waals surface area contributed by atoms with Crippen LogP contribution in [0.5, 0.6) is 0 Å². The smallest absolute Gasteiger partial charge is 0.0991 e. The van der Waals surface area contributed by atoms with Gasteiger partial charge in [-0.1, -0.05) is 0 Å². The van der Waals surface area contributed by atoms with Crippen LogP contribution in [0.1, 0.15) is 19.8 Å². The molecule has 2 saturated heterocycles. The normalized spacial score (nSPS) is 51.2. The molecule has 0 aromatic rings. The van der Waals surface area contributed by atoms with Crippen LogP contribution in [-0.2, 0) is 0 Å². The third-order valence-electron chi connectivity index (χ3n) is 3.48. The van der Waals surface area contributed by atoms with E-state index in [0.29, 0.717) is 6.04 Å². The van der Waals surface area contributed by atoms with Gasteiger partial charge in [-0.3, -0.25) is 4.90 Å². The number of hydrogen-bond donors (Lipinski definition) is 3. The molecule has 0 bridgehead atoms. The third-order valence-corrected chi connectivity index (χ3v) is 3.48. The van der Waals surface area contributed by atoms with Crippen molar-refractivity contribution < 1.29 is 15.3 Å². The molecule has 4 heteroatoms. The van der Waals surface area contributed by atoms with E-state index in [1.54, 1.807) is 0 Å². The number of rotatable bonds is 1. The van der Waals surface area contributed by atoms with E-state index in [4.69, 9.17) is 5.11 Å². The van der Waals surface area contributed by atoms with Crippen LogP contribution in [0.4, 0.5) is 0 Å². The van der Waals surface area contributed by atoms with Crippen LogP contribution in [0.3, 0.4) is 0 Å². The van der Waals surface area contributed by atoms with Gasteiger partial charge in [0, 0.05) is 12.1 Å². The lowest BCUT2D eigenvalue weighted by Gasteiger charge is -2.27. The van der Waals surface area contributed by atoms with Crippen molar-refractivity contribution in [3.63, 3.8) is 0 Å². The highest BCUT2D eigenvalue weighted by molar-refractivity contribution is 5.05. The Kier molecular flexibility index (Phi) is 2.32. The van der Waals surface area contributed by atoms with E-state index in [-0.39, 0.29) is 18.7 Å². The van der Waals surface area contributed by atoms with Crippen LogP contribution in [0.15, 0.2) is 0 Å². The minimum atomic E-state index is -0.780. The first-order valence-corrected chi connectivity index (χ1v) is 4.91. The second kappa shape index (κ2) is 3.20. The number of fused-ring (bicyclic) bond motifs is 1. The van der Waals surface area contributed by atoms with Gasteiger partial charge in [0.25, 0.3) is 0 Å². The van der Waals surface area contributed by atoms with E-state index in [9.17, 15) is 10.2 Å². The number of aliphatic hydroxyl groups is 3. The maximum Gasteiger partial charge on any atom is 0.0991 e. The summed E-state index contributed by atoms with van der Waals surface area (Å²) in [6, 6.07) is 0.161. The molecular weight excluding hydrogens is 170 g/mol. The molecule has 0 aromatic carbocycles. The zero-order chi connectivity index (χ0) is 9.59. The van der Waals surface area contributed by atoms with E-state index < -0.39 is 12.2 Å². The summed E-state index contributed by atoms with van der Waals surface area (Å²) < 4.78 is 0. The Labute approximate surface area is 77.8 Å². The molecule has 0 aliphatic carbocycles. The highest BCUT2D eigenvalue weighted by Crippen LogP contribution is 2.36. The van der Waals surface area contributed by atoms with Crippen LogP contribution in [0, 0.1) is 0 Å². The quantitative estimate of drug-likeness (QED) is 0.489. The predicted molar refractivity (Wildman–Crippen MR) is 47.2 cm³/mol. The van der Waals surface area contributed by atoms with Crippen molar-refractivity contribution in [2.24, 2.45) is 0 Å². The van der Waals surface area contributed by atoms with Crippen molar-refractivity contribution >= 4 is 0 Å². The molecule has 2 fully saturated rings. The monoisotopic (exact) mass is 187 g/mol. The third kappa shape index (κ3) is 1.21. The number of hydrogen-bond acceptors (Lipinski definition) is 4. The van der Waals surface area contributed by atoms with Crippen LogP contribution in [0.2, 0.25) is 0 Å². The first-order valence-electron chi connectivity index (χ1n) is 4.91. The Morgan fingerprint density at radius 2 is 1.92 bits per heavy atom.